The highest BCUT2D eigenvalue weighted by Crippen LogP contribution is 2.24. The minimum atomic E-state index is -0.0312. The Morgan fingerprint density at radius 1 is 1.50 bits per heavy atom. The summed E-state index contributed by atoms with van der Waals surface area (Å²) in [5.41, 5.74) is 0.620. The molecule has 0 spiro atoms. The lowest BCUT2D eigenvalue weighted by atomic mass is 10.2. The zero-order chi connectivity index (χ0) is 12.8. The highest BCUT2D eigenvalue weighted by Gasteiger charge is 2.15. The van der Waals surface area contributed by atoms with Gasteiger partial charge in [-0.25, -0.2) is 4.98 Å². The second-order valence-electron chi connectivity index (χ2n) is 4.38. The summed E-state index contributed by atoms with van der Waals surface area (Å²) in [6.07, 6.45) is 5.41. The van der Waals surface area contributed by atoms with Gasteiger partial charge in [-0.2, -0.15) is 11.8 Å². The molecule has 4 nitrogen and oxygen atoms in total. The van der Waals surface area contributed by atoms with E-state index in [1.54, 1.807) is 12.3 Å². The van der Waals surface area contributed by atoms with Crippen molar-refractivity contribution < 1.29 is 4.79 Å². The third kappa shape index (κ3) is 3.63. The Labute approximate surface area is 112 Å². The number of pyridine rings is 1. The van der Waals surface area contributed by atoms with Gasteiger partial charge in [0.1, 0.15) is 5.82 Å². The number of anilines is 1. The molecule has 1 amide bonds. The topological polar surface area (TPSA) is 54.0 Å². The van der Waals surface area contributed by atoms with E-state index < -0.39 is 0 Å². The second kappa shape index (κ2) is 6.64. The van der Waals surface area contributed by atoms with Gasteiger partial charge in [0, 0.05) is 25.0 Å². The van der Waals surface area contributed by atoms with Gasteiger partial charge in [-0.1, -0.05) is 6.42 Å². The highest BCUT2D eigenvalue weighted by molar-refractivity contribution is 7.99. The van der Waals surface area contributed by atoms with E-state index in [1.165, 1.54) is 25.0 Å². The number of hydrogen-bond donors (Lipinski definition) is 2. The van der Waals surface area contributed by atoms with Crippen LogP contribution in [0.3, 0.4) is 0 Å². The number of nitrogens with one attached hydrogen (secondary N) is 2. The number of rotatable bonds is 4. The van der Waals surface area contributed by atoms with Gasteiger partial charge < -0.3 is 10.6 Å². The first-order valence-electron chi connectivity index (χ1n) is 6.33. The van der Waals surface area contributed by atoms with Crippen molar-refractivity contribution in [2.75, 3.05) is 24.7 Å². The maximum atomic E-state index is 11.9. The molecule has 2 N–H and O–H groups in total. The van der Waals surface area contributed by atoms with Gasteiger partial charge in [-0.3, -0.25) is 4.79 Å². The maximum Gasteiger partial charge on any atom is 0.252 e. The Bertz CT molecular complexity index is 388. The van der Waals surface area contributed by atoms with E-state index in [0.717, 1.165) is 12.4 Å². The molecule has 1 aliphatic rings. The molecule has 98 valence electrons. The number of hydrogen-bond acceptors (Lipinski definition) is 4. The molecule has 5 heteroatoms. The predicted octanol–water partition coefficient (Wildman–Crippen LogP) is 2.14. The molecule has 1 aliphatic heterocycles. The molecular weight excluding hydrogens is 246 g/mol. The summed E-state index contributed by atoms with van der Waals surface area (Å²) in [6.45, 7) is 0.761. The quantitative estimate of drug-likeness (QED) is 0.876. The minimum absolute atomic E-state index is 0.0312. The van der Waals surface area contributed by atoms with Gasteiger partial charge in [-0.05, 0) is 30.7 Å². The molecule has 0 saturated carbocycles. The van der Waals surface area contributed by atoms with Crippen molar-refractivity contribution in [2.24, 2.45) is 0 Å². The Hall–Kier alpha value is -1.23. The van der Waals surface area contributed by atoms with Gasteiger partial charge in [0.15, 0.2) is 0 Å². The van der Waals surface area contributed by atoms with Gasteiger partial charge in [0.05, 0.1) is 5.56 Å². The molecule has 0 aliphatic carbocycles. The van der Waals surface area contributed by atoms with Crippen molar-refractivity contribution in [1.29, 1.82) is 0 Å². The monoisotopic (exact) mass is 265 g/mol. The number of thioether (sulfide) groups is 1. The zero-order valence-corrected chi connectivity index (χ0v) is 11.4. The first-order chi connectivity index (χ1) is 8.79. The lowest BCUT2D eigenvalue weighted by molar-refractivity contribution is 0.0953. The van der Waals surface area contributed by atoms with Crippen molar-refractivity contribution in [3.05, 3.63) is 23.9 Å². The Morgan fingerprint density at radius 2 is 2.39 bits per heavy atom. The summed E-state index contributed by atoms with van der Waals surface area (Å²) in [6, 6.07) is 3.60. The Balaban J connectivity index is 1.82. The van der Waals surface area contributed by atoms with Gasteiger partial charge >= 0.3 is 0 Å². The molecule has 1 atom stereocenters. The van der Waals surface area contributed by atoms with Crippen molar-refractivity contribution in [3.63, 3.8) is 0 Å². The van der Waals surface area contributed by atoms with Crippen LogP contribution in [0.1, 0.15) is 29.6 Å². The van der Waals surface area contributed by atoms with E-state index in [4.69, 9.17) is 0 Å². The average molecular weight is 265 g/mol. The van der Waals surface area contributed by atoms with Crippen molar-refractivity contribution in [1.82, 2.24) is 10.3 Å². The van der Waals surface area contributed by atoms with E-state index in [2.05, 4.69) is 15.6 Å². The average Bonchev–Trinajstić information content (AvgIpc) is 2.46. The summed E-state index contributed by atoms with van der Waals surface area (Å²) in [5, 5.41) is 6.49. The minimum Gasteiger partial charge on any atom is -0.373 e. The van der Waals surface area contributed by atoms with Crippen LogP contribution in [0.25, 0.3) is 0 Å². The van der Waals surface area contributed by atoms with Crippen LogP contribution in [0, 0.1) is 0 Å². The summed E-state index contributed by atoms with van der Waals surface area (Å²) < 4.78 is 0. The third-order valence-corrected chi connectivity index (χ3v) is 4.44. The van der Waals surface area contributed by atoms with Crippen LogP contribution < -0.4 is 10.6 Å². The standard InChI is InChI=1S/C13H19N3OS/c1-14-12-6-5-10(8-15-12)13(17)16-9-11-4-2-3-7-18-11/h5-6,8,11H,2-4,7,9H2,1H3,(H,14,15)(H,16,17). The number of amides is 1. The molecule has 1 unspecified atom stereocenters. The fourth-order valence-corrected chi connectivity index (χ4v) is 3.19. The number of carbonyl (C=O) groups is 1. The lowest BCUT2D eigenvalue weighted by Crippen LogP contribution is -2.31. The van der Waals surface area contributed by atoms with E-state index in [0.29, 0.717) is 10.8 Å². The molecule has 0 radical (unpaired) electrons. The van der Waals surface area contributed by atoms with E-state index >= 15 is 0 Å². The summed E-state index contributed by atoms with van der Waals surface area (Å²) in [4.78, 5) is 16.0. The van der Waals surface area contributed by atoms with Crippen LogP contribution in [0.2, 0.25) is 0 Å². The van der Waals surface area contributed by atoms with Gasteiger partial charge in [-0.15, -0.1) is 0 Å². The van der Waals surface area contributed by atoms with Crippen molar-refractivity contribution in [3.8, 4) is 0 Å². The molecule has 0 bridgehead atoms. The van der Waals surface area contributed by atoms with Gasteiger partial charge in [0.2, 0.25) is 0 Å². The van der Waals surface area contributed by atoms with E-state index in [9.17, 15) is 4.79 Å². The molecule has 1 saturated heterocycles. The van der Waals surface area contributed by atoms with Gasteiger partial charge in [0.25, 0.3) is 5.91 Å². The van der Waals surface area contributed by atoms with Crippen LogP contribution in [0.4, 0.5) is 5.82 Å². The molecule has 18 heavy (non-hydrogen) atoms. The first-order valence-corrected chi connectivity index (χ1v) is 7.38. The Kier molecular flexibility index (Phi) is 4.87. The third-order valence-electron chi connectivity index (χ3n) is 3.05. The zero-order valence-electron chi connectivity index (χ0n) is 10.6. The molecule has 1 aromatic rings. The van der Waals surface area contributed by atoms with E-state index in [1.807, 2.05) is 24.9 Å². The van der Waals surface area contributed by atoms with E-state index in [-0.39, 0.29) is 5.91 Å². The molecular formula is C13H19N3OS. The van der Waals surface area contributed by atoms with Crippen molar-refractivity contribution in [2.45, 2.75) is 24.5 Å². The molecule has 2 heterocycles. The van der Waals surface area contributed by atoms with Crippen molar-refractivity contribution >= 4 is 23.5 Å². The fraction of sp³-hybridized carbons (Fsp3) is 0.538. The fourth-order valence-electron chi connectivity index (χ4n) is 1.95. The number of nitrogens with zero attached hydrogens (tertiary/aromatic N) is 1. The van der Waals surface area contributed by atoms with Crippen LogP contribution >= 0.6 is 11.8 Å². The van der Waals surface area contributed by atoms with Crippen LogP contribution in [-0.2, 0) is 0 Å². The highest BCUT2D eigenvalue weighted by atomic mass is 32.2. The SMILES string of the molecule is CNc1ccc(C(=O)NCC2CCCCS2)cn1. The summed E-state index contributed by atoms with van der Waals surface area (Å²) in [7, 11) is 1.81. The van der Waals surface area contributed by atoms with Crippen LogP contribution in [0.15, 0.2) is 18.3 Å². The van der Waals surface area contributed by atoms with Crippen LogP contribution in [0.5, 0.6) is 0 Å². The number of carbonyl (C=O) groups excluding carboxylic acids is 1. The molecule has 1 fully saturated rings. The molecule has 2 rings (SSSR count). The molecule has 1 aromatic heterocycles. The molecule has 0 aromatic carbocycles. The summed E-state index contributed by atoms with van der Waals surface area (Å²) >= 11 is 1.97. The Morgan fingerprint density at radius 3 is 3.00 bits per heavy atom. The second-order valence-corrected chi connectivity index (χ2v) is 5.79. The predicted molar refractivity (Wildman–Crippen MR) is 76.2 cm³/mol. The smallest absolute Gasteiger partial charge is 0.252 e. The maximum absolute atomic E-state index is 11.9. The number of aromatic nitrogens is 1. The lowest BCUT2D eigenvalue weighted by Gasteiger charge is -2.21. The summed E-state index contributed by atoms with van der Waals surface area (Å²) in [5.74, 6) is 1.96. The largest absolute Gasteiger partial charge is 0.373 e. The van der Waals surface area contributed by atoms with Crippen LogP contribution in [-0.4, -0.2) is 35.5 Å². The first kappa shape index (κ1) is 13.2. The normalized spacial score (nSPS) is 19.3.